The molecule has 1 aliphatic carbocycles. The van der Waals surface area contributed by atoms with Crippen LogP contribution in [0.15, 0.2) is 29.8 Å². The number of hydrogen-bond donors (Lipinski definition) is 1. The minimum absolute atomic E-state index is 0.0426. The number of hydrogen-bond acceptors (Lipinski definition) is 2. The number of nitriles is 1. The lowest BCUT2D eigenvalue weighted by Crippen LogP contribution is -2.25. The van der Waals surface area contributed by atoms with Crippen molar-refractivity contribution in [2.45, 2.75) is 27.2 Å². The Kier molecular flexibility index (Phi) is 3.82. The Morgan fingerprint density at radius 2 is 2.09 bits per heavy atom. The molecule has 0 amide bonds. The molecule has 0 radical (unpaired) electrons. The van der Waals surface area contributed by atoms with Gasteiger partial charge in [-0.3, -0.25) is 4.79 Å². The molecule has 116 valence electrons. The predicted octanol–water partition coefficient (Wildman–Crippen LogP) is 3.70. The van der Waals surface area contributed by atoms with Gasteiger partial charge in [0.2, 0.25) is 0 Å². The largest absolute Gasteiger partial charge is 0.481 e. The highest BCUT2D eigenvalue weighted by Gasteiger charge is 2.74. The lowest BCUT2D eigenvalue weighted by Gasteiger charge is -2.16. The molecule has 2 atom stereocenters. The van der Waals surface area contributed by atoms with Crippen LogP contribution in [-0.4, -0.2) is 11.1 Å². The Bertz CT molecular complexity index is 703. The molecular weight excluding hydrogens is 288 g/mol. The summed E-state index contributed by atoms with van der Waals surface area (Å²) in [5.41, 5.74) is -1.42. The summed E-state index contributed by atoms with van der Waals surface area (Å²) in [6.07, 6.45) is 1.50. The van der Waals surface area contributed by atoms with Gasteiger partial charge in [-0.05, 0) is 30.4 Å². The quantitative estimate of drug-likeness (QED) is 0.863. The highest BCUT2D eigenvalue weighted by Crippen LogP contribution is 2.71. The fourth-order valence-electron chi connectivity index (χ4n) is 3.34. The summed E-state index contributed by atoms with van der Waals surface area (Å²) in [6, 6.07) is 5.73. The SMILES string of the molecule is CC(C#N)=CC1C(C)(C)C1(Cc1cccc(F)c1F)C(=O)O. The summed E-state index contributed by atoms with van der Waals surface area (Å²) >= 11 is 0. The van der Waals surface area contributed by atoms with Crippen LogP contribution in [0.4, 0.5) is 8.78 Å². The number of carboxylic acids is 1. The van der Waals surface area contributed by atoms with E-state index >= 15 is 0 Å². The molecule has 0 spiro atoms. The van der Waals surface area contributed by atoms with Gasteiger partial charge < -0.3 is 5.11 Å². The van der Waals surface area contributed by atoms with Gasteiger partial charge in [0.05, 0.1) is 11.5 Å². The number of carbonyl (C=O) groups is 1. The van der Waals surface area contributed by atoms with Crippen molar-refractivity contribution < 1.29 is 18.7 Å². The van der Waals surface area contributed by atoms with E-state index in [1.165, 1.54) is 12.1 Å². The number of halogens is 2. The molecule has 1 aliphatic rings. The minimum Gasteiger partial charge on any atom is -0.481 e. The Balaban J connectivity index is 2.46. The molecular formula is C17H17F2NO2. The summed E-state index contributed by atoms with van der Waals surface area (Å²) in [4.78, 5) is 11.9. The average molecular weight is 305 g/mol. The van der Waals surface area contributed by atoms with E-state index in [1.807, 2.05) is 6.07 Å². The van der Waals surface area contributed by atoms with E-state index in [0.717, 1.165) is 6.07 Å². The molecule has 1 N–H and O–H groups in total. The number of rotatable bonds is 4. The number of carboxylic acid groups (broad SMARTS) is 1. The highest BCUT2D eigenvalue weighted by atomic mass is 19.2. The summed E-state index contributed by atoms with van der Waals surface area (Å²) in [5.74, 6) is -3.46. The average Bonchev–Trinajstić information content (AvgIpc) is 2.91. The molecule has 0 aliphatic heterocycles. The fourth-order valence-corrected chi connectivity index (χ4v) is 3.34. The van der Waals surface area contributed by atoms with Crippen LogP contribution in [0, 0.1) is 39.7 Å². The van der Waals surface area contributed by atoms with E-state index in [0.29, 0.717) is 5.57 Å². The third-order valence-electron chi connectivity index (χ3n) is 4.85. The van der Waals surface area contributed by atoms with Gasteiger partial charge in [0.1, 0.15) is 0 Å². The Hall–Kier alpha value is -2.22. The smallest absolute Gasteiger partial charge is 0.311 e. The molecule has 0 saturated heterocycles. The number of benzene rings is 1. The first-order valence-corrected chi connectivity index (χ1v) is 6.93. The van der Waals surface area contributed by atoms with E-state index < -0.39 is 34.4 Å². The number of nitrogens with zero attached hydrogens (tertiary/aromatic N) is 1. The van der Waals surface area contributed by atoms with E-state index in [2.05, 4.69) is 0 Å². The standard InChI is InChI=1S/C17H17F2NO2/c1-10(9-20)7-13-16(2,3)17(13,15(21)22)8-11-5-4-6-12(18)14(11)19/h4-7,13H,8H2,1-3H3,(H,21,22). The van der Waals surface area contributed by atoms with Crippen LogP contribution in [0.3, 0.4) is 0 Å². The highest BCUT2D eigenvalue weighted by molar-refractivity contribution is 5.82. The zero-order chi connectivity index (χ0) is 16.7. The molecule has 1 fully saturated rings. The number of allylic oxidation sites excluding steroid dienone is 2. The molecule has 1 aromatic rings. The maximum atomic E-state index is 13.9. The van der Waals surface area contributed by atoms with Crippen LogP contribution in [0.2, 0.25) is 0 Å². The van der Waals surface area contributed by atoms with Crippen molar-refractivity contribution in [3.05, 3.63) is 47.0 Å². The summed E-state index contributed by atoms with van der Waals surface area (Å²) < 4.78 is 27.2. The van der Waals surface area contributed by atoms with Crippen LogP contribution in [0.25, 0.3) is 0 Å². The first-order valence-electron chi connectivity index (χ1n) is 6.93. The summed E-state index contributed by atoms with van der Waals surface area (Å²) in [5, 5.41) is 18.6. The summed E-state index contributed by atoms with van der Waals surface area (Å²) in [6.45, 7) is 5.14. The lowest BCUT2D eigenvalue weighted by molar-refractivity contribution is -0.145. The maximum Gasteiger partial charge on any atom is 0.311 e. The minimum atomic E-state index is -1.24. The molecule has 22 heavy (non-hydrogen) atoms. The predicted molar refractivity (Wildman–Crippen MR) is 76.8 cm³/mol. The van der Waals surface area contributed by atoms with Gasteiger partial charge in [-0.25, -0.2) is 8.78 Å². The van der Waals surface area contributed by atoms with Gasteiger partial charge >= 0.3 is 5.97 Å². The Morgan fingerprint density at radius 1 is 1.45 bits per heavy atom. The molecule has 1 saturated carbocycles. The maximum absolute atomic E-state index is 13.9. The second kappa shape index (κ2) is 5.20. The van der Waals surface area contributed by atoms with Crippen LogP contribution in [-0.2, 0) is 11.2 Å². The van der Waals surface area contributed by atoms with E-state index in [4.69, 9.17) is 5.26 Å². The van der Waals surface area contributed by atoms with Crippen LogP contribution < -0.4 is 0 Å². The van der Waals surface area contributed by atoms with Gasteiger partial charge in [-0.15, -0.1) is 0 Å². The first kappa shape index (κ1) is 16.2. The molecule has 1 aromatic carbocycles. The zero-order valence-corrected chi connectivity index (χ0v) is 12.7. The molecule has 5 heteroatoms. The van der Waals surface area contributed by atoms with Crippen molar-refractivity contribution in [1.82, 2.24) is 0 Å². The van der Waals surface area contributed by atoms with Gasteiger partial charge in [-0.1, -0.05) is 32.1 Å². The van der Waals surface area contributed by atoms with Gasteiger partial charge in [-0.2, -0.15) is 5.26 Å². The van der Waals surface area contributed by atoms with Crippen molar-refractivity contribution in [3.63, 3.8) is 0 Å². The molecule has 2 rings (SSSR count). The van der Waals surface area contributed by atoms with E-state index in [9.17, 15) is 18.7 Å². The first-order chi connectivity index (χ1) is 10.2. The third-order valence-corrected chi connectivity index (χ3v) is 4.85. The third kappa shape index (κ3) is 2.19. The van der Waals surface area contributed by atoms with Gasteiger partial charge in [0.15, 0.2) is 11.6 Å². The van der Waals surface area contributed by atoms with Crippen LogP contribution >= 0.6 is 0 Å². The Morgan fingerprint density at radius 3 is 2.64 bits per heavy atom. The van der Waals surface area contributed by atoms with Gasteiger partial charge in [0.25, 0.3) is 0 Å². The van der Waals surface area contributed by atoms with Crippen LogP contribution in [0.1, 0.15) is 26.3 Å². The van der Waals surface area contributed by atoms with E-state index in [-0.39, 0.29) is 12.0 Å². The Labute approximate surface area is 127 Å². The van der Waals surface area contributed by atoms with Gasteiger partial charge in [0, 0.05) is 11.5 Å². The van der Waals surface area contributed by atoms with E-state index in [1.54, 1.807) is 26.8 Å². The molecule has 0 bridgehead atoms. The van der Waals surface area contributed by atoms with Crippen molar-refractivity contribution >= 4 is 5.97 Å². The molecule has 0 heterocycles. The monoisotopic (exact) mass is 305 g/mol. The normalized spacial score (nSPS) is 26.4. The van der Waals surface area contributed by atoms with Crippen molar-refractivity contribution in [2.24, 2.45) is 16.7 Å². The lowest BCUT2D eigenvalue weighted by atomic mass is 9.88. The summed E-state index contributed by atoms with van der Waals surface area (Å²) in [7, 11) is 0. The molecule has 0 aromatic heterocycles. The van der Waals surface area contributed by atoms with Crippen LogP contribution in [0.5, 0.6) is 0 Å². The van der Waals surface area contributed by atoms with Crippen molar-refractivity contribution in [3.8, 4) is 6.07 Å². The second-order valence-corrected chi connectivity index (χ2v) is 6.33. The van der Waals surface area contributed by atoms with Crippen molar-refractivity contribution in [1.29, 1.82) is 5.26 Å². The second-order valence-electron chi connectivity index (χ2n) is 6.33. The fraction of sp³-hybridized carbons (Fsp3) is 0.412. The number of aliphatic carboxylic acids is 1. The van der Waals surface area contributed by atoms with Crippen molar-refractivity contribution in [2.75, 3.05) is 0 Å². The molecule has 3 nitrogen and oxygen atoms in total. The topological polar surface area (TPSA) is 61.1 Å². The zero-order valence-electron chi connectivity index (χ0n) is 12.7. The molecule has 2 unspecified atom stereocenters.